The molecule has 4 heterocycles. The Hall–Kier alpha value is -5.39. The number of benzene rings is 4. The van der Waals surface area contributed by atoms with Gasteiger partial charge in [-0.05, 0) is 41.8 Å². The minimum Gasteiger partial charge on any atom is -0.529 e. The molecule has 8 heteroatoms. The van der Waals surface area contributed by atoms with Gasteiger partial charge in [-0.25, -0.2) is 10.1 Å². The van der Waals surface area contributed by atoms with Crippen molar-refractivity contribution >= 4 is 39.1 Å². The van der Waals surface area contributed by atoms with Gasteiger partial charge in [-0.15, -0.1) is 6.07 Å². The molecule has 0 fully saturated rings. The van der Waals surface area contributed by atoms with Crippen molar-refractivity contribution in [1.29, 1.82) is 0 Å². The minimum absolute atomic E-state index is 0. The largest absolute Gasteiger partial charge is 2.00 e. The Labute approximate surface area is 285 Å². The molecule has 0 spiro atoms. The summed E-state index contributed by atoms with van der Waals surface area (Å²) >= 11 is 0. The predicted octanol–water partition coefficient (Wildman–Crippen LogP) is 9.21. The molecule has 2 atom stereocenters. The van der Waals surface area contributed by atoms with E-state index in [9.17, 15) is 0 Å². The second-order valence-electron chi connectivity index (χ2n) is 11.3. The van der Waals surface area contributed by atoms with Crippen molar-refractivity contribution in [2.24, 2.45) is 7.05 Å². The van der Waals surface area contributed by atoms with Crippen molar-refractivity contribution in [3.63, 3.8) is 0 Å². The summed E-state index contributed by atoms with van der Waals surface area (Å²) in [6.07, 6.45) is 11.9. The summed E-state index contributed by atoms with van der Waals surface area (Å²) in [5, 5.41) is 6.57. The molecule has 0 radical (unpaired) electrons. The first-order valence-electron chi connectivity index (χ1n) is 15.1. The molecule has 0 amide bonds. The van der Waals surface area contributed by atoms with Crippen LogP contribution in [0, 0.1) is 12.1 Å². The standard InChI is InChI=1S/C39H26N4O3.Pt/c1-42-20-18-32(41-42)31-22-26(21-30-28-13-5-7-15-34(28)46-39(30)31)44-27-23-33(38-29-14-6-8-16-35(29)45-36(38)24-27)43(25-11-3-2-4-12-25)37-17-9-10-19-40-37;/h2-21,24,28,34H,1H3;/q-2;+2. The van der Waals surface area contributed by atoms with E-state index in [0.717, 1.165) is 56.1 Å². The normalized spacial score (nSPS) is 16.0. The van der Waals surface area contributed by atoms with Crippen LogP contribution in [0.3, 0.4) is 0 Å². The summed E-state index contributed by atoms with van der Waals surface area (Å²) < 4.78 is 21.3. The van der Waals surface area contributed by atoms with Crippen molar-refractivity contribution in [2.75, 3.05) is 4.90 Å². The molecule has 4 aromatic carbocycles. The second kappa shape index (κ2) is 11.8. The van der Waals surface area contributed by atoms with Gasteiger partial charge in [0.15, 0.2) is 0 Å². The first kappa shape index (κ1) is 29.0. The topological polar surface area (TPSA) is 65.5 Å². The first-order valence-corrected chi connectivity index (χ1v) is 15.1. The van der Waals surface area contributed by atoms with Crippen molar-refractivity contribution < 1.29 is 35.0 Å². The van der Waals surface area contributed by atoms with Crippen molar-refractivity contribution in [3.8, 4) is 28.5 Å². The maximum Gasteiger partial charge on any atom is 2.00 e. The number of anilines is 3. The first-order chi connectivity index (χ1) is 22.7. The number of pyridine rings is 1. The zero-order chi connectivity index (χ0) is 30.6. The van der Waals surface area contributed by atoms with E-state index in [1.54, 1.807) is 10.9 Å². The van der Waals surface area contributed by atoms with Crippen LogP contribution in [0.25, 0.3) is 33.2 Å². The van der Waals surface area contributed by atoms with E-state index in [0.29, 0.717) is 17.1 Å². The zero-order valence-electron chi connectivity index (χ0n) is 25.1. The number of furan rings is 1. The maximum atomic E-state index is 6.67. The molecule has 7 aromatic rings. The van der Waals surface area contributed by atoms with Crippen LogP contribution in [0.4, 0.5) is 17.2 Å². The monoisotopic (exact) mass is 793 g/mol. The number of ether oxygens (including phenoxy) is 2. The number of fused-ring (bicyclic) bond motifs is 6. The fourth-order valence-corrected chi connectivity index (χ4v) is 6.37. The molecule has 7 nitrogen and oxygen atoms in total. The van der Waals surface area contributed by atoms with E-state index < -0.39 is 0 Å². The van der Waals surface area contributed by atoms with Crippen molar-refractivity contribution in [3.05, 3.63) is 145 Å². The zero-order valence-corrected chi connectivity index (χ0v) is 27.4. The van der Waals surface area contributed by atoms with Crippen LogP contribution in [0.15, 0.2) is 132 Å². The number of aromatic nitrogens is 3. The van der Waals surface area contributed by atoms with Crippen LogP contribution in [-0.2, 0) is 28.1 Å². The van der Waals surface area contributed by atoms with Crippen LogP contribution in [0.5, 0.6) is 17.2 Å². The third-order valence-electron chi connectivity index (χ3n) is 8.39. The molecule has 230 valence electrons. The molecule has 0 N–H and O–H groups in total. The predicted molar refractivity (Wildman–Crippen MR) is 178 cm³/mol. The molecular weight excluding hydrogens is 768 g/mol. The Balaban J connectivity index is 0.00000324. The summed E-state index contributed by atoms with van der Waals surface area (Å²) in [6.45, 7) is 0. The Morgan fingerprint density at radius 3 is 2.49 bits per heavy atom. The number of para-hydroxylation sites is 2. The van der Waals surface area contributed by atoms with E-state index in [-0.39, 0.29) is 33.1 Å². The van der Waals surface area contributed by atoms with Gasteiger partial charge in [-0.1, -0.05) is 107 Å². The quantitative estimate of drug-likeness (QED) is 0.157. The van der Waals surface area contributed by atoms with E-state index in [4.69, 9.17) is 18.9 Å². The molecular formula is C39H26N4O3Pt. The van der Waals surface area contributed by atoms with Crippen LogP contribution < -0.4 is 14.4 Å². The molecule has 1 aliphatic carbocycles. The average molecular weight is 794 g/mol. The third kappa shape index (κ3) is 5.04. The number of aryl methyl sites for hydroxylation is 1. The average Bonchev–Trinajstić information content (AvgIpc) is 3.80. The minimum atomic E-state index is -0.0889. The molecule has 2 unspecified atom stereocenters. The van der Waals surface area contributed by atoms with Crippen LogP contribution in [0.1, 0.15) is 11.5 Å². The molecule has 2 aliphatic rings. The smallest absolute Gasteiger partial charge is 0.529 e. The third-order valence-corrected chi connectivity index (χ3v) is 8.39. The van der Waals surface area contributed by atoms with Gasteiger partial charge in [0, 0.05) is 59.6 Å². The van der Waals surface area contributed by atoms with Gasteiger partial charge >= 0.3 is 21.1 Å². The molecule has 0 bridgehead atoms. The molecule has 47 heavy (non-hydrogen) atoms. The van der Waals surface area contributed by atoms with Gasteiger partial charge in [0.1, 0.15) is 17.5 Å². The summed E-state index contributed by atoms with van der Waals surface area (Å²) in [5.41, 5.74) is 5.70. The van der Waals surface area contributed by atoms with Gasteiger partial charge in [0.25, 0.3) is 0 Å². The number of rotatable bonds is 6. The van der Waals surface area contributed by atoms with Gasteiger partial charge < -0.3 is 18.8 Å². The van der Waals surface area contributed by atoms with E-state index in [2.05, 4.69) is 58.6 Å². The van der Waals surface area contributed by atoms with E-state index in [1.807, 2.05) is 92.1 Å². The van der Waals surface area contributed by atoms with Gasteiger partial charge in [-0.2, -0.15) is 0 Å². The van der Waals surface area contributed by atoms with Crippen molar-refractivity contribution in [1.82, 2.24) is 14.8 Å². The van der Waals surface area contributed by atoms with E-state index in [1.165, 1.54) is 0 Å². The Bertz CT molecular complexity index is 2270. The molecule has 0 saturated heterocycles. The number of nitrogens with zero attached hydrogens (tertiary/aromatic N) is 4. The van der Waals surface area contributed by atoms with Crippen LogP contribution in [0.2, 0.25) is 0 Å². The SMILES string of the molecule is Cn1ccc(-c2[c-]c(Oc3[c-]c(N(c4ccccc4)c4ccccn4)c4c(c3)oc3ccccc34)cc3c2OC2C=CC=CC32)n1.[Pt+2]. The summed E-state index contributed by atoms with van der Waals surface area (Å²) in [4.78, 5) is 6.82. The van der Waals surface area contributed by atoms with Crippen LogP contribution >= 0.6 is 0 Å². The molecule has 1 aliphatic heterocycles. The molecule has 3 aromatic heterocycles. The van der Waals surface area contributed by atoms with Crippen molar-refractivity contribution in [2.45, 2.75) is 12.0 Å². The summed E-state index contributed by atoms with van der Waals surface area (Å²) in [5.74, 6) is 2.61. The molecule has 9 rings (SSSR count). The maximum absolute atomic E-state index is 6.67. The van der Waals surface area contributed by atoms with Gasteiger partial charge in [-0.3, -0.25) is 4.68 Å². The fraction of sp³-hybridized carbons (Fsp3) is 0.0769. The Morgan fingerprint density at radius 1 is 0.851 bits per heavy atom. The second-order valence-corrected chi connectivity index (χ2v) is 11.3. The van der Waals surface area contributed by atoms with Gasteiger partial charge in [0.2, 0.25) is 0 Å². The van der Waals surface area contributed by atoms with E-state index >= 15 is 0 Å². The Morgan fingerprint density at radius 2 is 1.66 bits per heavy atom. The number of hydrogen-bond donors (Lipinski definition) is 0. The van der Waals surface area contributed by atoms with Crippen LogP contribution in [-0.4, -0.2) is 20.9 Å². The van der Waals surface area contributed by atoms with Gasteiger partial charge in [0.05, 0.1) is 0 Å². The Kier molecular flexibility index (Phi) is 7.26. The number of hydrogen-bond acceptors (Lipinski definition) is 6. The fourth-order valence-electron chi connectivity index (χ4n) is 6.37. The summed E-state index contributed by atoms with van der Waals surface area (Å²) in [7, 11) is 1.90. The summed E-state index contributed by atoms with van der Waals surface area (Å²) in [6, 6.07) is 37.0. The molecule has 0 saturated carbocycles. The number of allylic oxidation sites excluding steroid dienone is 2.